The summed E-state index contributed by atoms with van der Waals surface area (Å²) in [6, 6.07) is 7.35. The van der Waals surface area contributed by atoms with Crippen molar-refractivity contribution in [3.05, 3.63) is 48.5 Å². The molecule has 0 aliphatic carbocycles. The van der Waals surface area contributed by atoms with Gasteiger partial charge in [-0.2, -0.15) is 0 Å². The molecule has 0 saturated carbocycles. The molecule has 0 radical (unpaired) electrons. The number of carbonyl (C=O) groups excluding carboxylic acids is 1. The fourth-order valence-electron chi connectivity index (χ4n) is 1.51. The van der Waals surface area contributed by atoms with Crippen LogP contribution in [0.5, 0.6) is 0 Å². The Morgan fingerprint density at radius 2 is 1.80 bits per heavy atom. The Morgan fingerprint density at radius 3 is 2.30 bits per heavy atom. The van der Waals surface area contributed by atoms with Crippen molar-refractivity contribution < 1.29 is 13.2 Å². The number of hydrogen-bond donors (Lipinski definition) is 0. The van der Waals surface area contributed by atoms with Crippen molar-refractivity contribution in [2.75, 3.05) is 5.75 Å². The molecule has 0 aliphatic heterocycles. The molecule has 0 saturated heterocycles. The van der Waals surface area contributed by atoms with E-state index in [0.717, 1.165) is 3.79 Å². The SMILES string of the molecule is O=C(CS(=O)(=O)c1ccc(Cl)cc1)c1cc(Br)sc1Br. The maximum absolute atomic E-state index is 12.2. The highest BCUT2D eigenvalue weighted by Gasteiger charge is 2.23. The number of thiophene rings is 1. The molecule has 0 unspecified atom stereocenters. The van der Waals surface area contributed by atoms with Gasteiger partial charge in [0.15, 0.2) is 15.6 Å². The zero-order chi connectivity index (χ0) is 14.9. The maximum Gasteiger partial charge on any atom is 0.185 e. The second-order valence-corrected chi connectivity index (χ2v) is 10.0. The lowest BCUT2D eigenvalue weighted by atomic mass is 10.2. The summed E-state index contributed by atoms with van der Waals surface area (Å²) in [7, 11) is -3.67. The number of halogens is 3. The van der Waals surface area contributed by atoms with Crippen molar-refractivity contribution in [2.45, 2.75) is 4.90 Å². The summed E-state index contributed by atoms with van der Waals surface area (Å²) in [5.41, 5.74) is 0.361. The molecule has 1 heterocycles. The van der Waals surface area contributed by atoms with Crippen LogP contribution in [0, 0.1) is 0 Å². The monoisotopic (exact) mass is 456 g/mol. The van der Waals surface area contributed by atoms with Gasteiger partial charge in [-0.15, -0.1) is 11.3 Å². The quantitative estimate of drug-likeness (QED) is 0.630. The second-order valence-electron chi connectivity index (χ2n) is 3.87. The van der Waals surface area contributed by atoms with Gasteiger partial charge >= 0.3 is 0 Å². The average Bonchev–Trinajstić information content (AvgIpc) is 2.68. The standard InChI is InChI=1S/C12H7Br2ClO3S2/c13-11-5-9(12(14)19-11)10(16)6-20(17,18)8-3-1-7(15)2-4-8/h1-5H,6H2. The second kappa shape index (κ2) is 6.27. The minimum Gasteiger partial charge on any atom is -0.293 e. The summed E-state index contributed by atoms with van der Waals surface area (Å²) in [6.45, 7) is 0. The molecule has 2 rings (SSSR count). The van der Waals surface area contributed by atoms with Gasteiger partial charge in [-0.1, -0.05) is 11.6 Å². The third-order valence-corrected chi connectivity index (χ3v) is 6.67. The predicted molar refractivity (Wildman–Crippen MR) is 87.6 cm³/mol. The van der Waals surface area contributed by atoms with Crippen LogP contribution in [0.25, 0.3) is 0 Å². The van der Waals surface area contributed by atoms with Gasteiger partial charge in [0, 0.05) is 10.6 Å². The van der Waals surface area contributed by atoms with Crippen LogP contribution in [-0.4, -0.2) is 20.0 Å². The Balaban J connectivity index is 2.26. The lowest BCUT2D eigenvalue weighted by molar-refractivity contribution is 0.102. The van der Waals surface area contributed by atoms with E-state index >= 15 is 0 Å². The Labute approximate surface area is 142 Å². The summed E-state index contributed by atoms with van der Waals surface area (Å²) in [5, 5.41) is 0.444. The van der Waals surface area contributed by atoms with Gasteiger partial charge < -0.3 is 0 Å². The zero-order valence-electron chi connectivity index (χ0n) is 9.77. The topological polar surface area (TPSA) is 51.2 Å². The van der Waals surface area contributed by atoms with Crippen molar-refractivity contribution >= 4 is 70.4 Å². The lowest BCUT2D eigenvalue weighted by Crippen LogP contribution is -2.16. The van der Waals surface area contributed by atoms with Crippen molar-refractivity contribution in [3.63, 3.8) is 0 Å². The normalized spacial score (nSPS) is 11.6. The third kappa shape index (κ3) is 3.71. The molecular weight excluding hydrogens is 452 g/mol. The summed E-state index contributed by atoms with van der Waals surface area (Å²) in [6.07, 6.45) is 0. The molecule has 0 aliphatic rings. The van der Waals surface area contributed by atoms with E-state index in [2.05, 4.69) is 31.9 Å². The van der Waals surface area contributed by atoms with Crippen LogP contribution in [0.2, 0.25) is 5.02 Å². The largest absolute Gasteiger partial charge is 0.293 e. The molecule has 0 atom stereocenters. The molecule has 1 aromatic heterocycles. The molecule has 106 valence electrons. The first-order valence-electron chi connectivity index (χ1n) is 5.26. The van der Waals surface area contributed by atoms with Crippen LogP contribution in [-0.2, 0) is 9.84 Å². The summed E-state index contributed by atoms with van der Waals surface area (Å²) < 4.78 is 25.7. The highest BCUT2D eigenvalue weighted by molar-refractivity contribution is 9.12. The van der Waals surface area contributed by atoms with Gasteiger partial charge in [-0.3, -0.25) is 4.79 Å². The van der Waals surface area contributed by atoms with Crippen molar-refractivity contribution in [1.29, 1.82) is 0 Å². The molecular formula is C12H7Br2ClO3S2. The lowest BCUT2D eigenvalue weighted by Gasteiger charge is -2.03. The molecule has 0 N–H and O–H groups in total. The maximum atomic E-state index is 12.2. The van der Waals surface area contributed by atoms with Crippen LogP contribution in [0.1, 0.15) is 10.4 Å². The van der Waals surface area contributed by atoms with Crippen LogP contribution < -0.4 is 0 Å². The number of ketones is 1. The van der Waals surface area contributed by atoms with Crippen LogP contribution in [0.15, 0.2) is 42.8 Å². The smallest absolute Gasteiger partial charge is 0.185 e. The number of benzene rings is 1. The molecule has 0 spiro atoms. The molecule has 0 bridgehead atoms. The molecule has 3 nitrogen and oxygen atoms in total. The summed E-state index contributed by atoms with van der Waals surface area (Å²) >= 11 is 13.5. The fraction of sp³-hybridized carbons (Fsp3) is 0.0833. The van der Waals surface area contributed by atoms with E-state index in [1.54, 1.807) is 6.07 Å². The molecule has 8 heteroatoms. The molecule has 20 heavy (non-hydrogen) atoms. The highest BCUT2D eigenvalue weighted by Crippen LogP contribution is 2.32. The van der Waals surface area contributed by atoms with E-state index < -0.39 is 21.4 Å². The Kier molecular flexibility index (Phi) is 5.07. The van der Waals surface area contributed by atoms with E-state index in [4.69, 9.17) is 11.6 Å². The number of hydrogen-bond acceptors (Lipinski definition) is 4. The number of carbonyl (C=O) groups is 1. The molecule has 2 aromatic rings. The predicted octanol–water partition coefficient (Wildman–Crippen LogP) is 4.58. The van der Waals surface area contributed by atoms with Crippen LogP contribution >= 0.6 is 54.8 Å². The first-order valence-corrected chi connectivity index (χ1v) is 9.69. The number of sulfone groups is 1. The summed E-state index contributed by atoms with van der Waals surface area (Å²) in [4.78, 5) is 12.2. The molecule has 0 amide bonds. The molecule has 1 aromatic carbocycles. The van der Waals surface area contributed by atoms with E-state index in [0.29, 0.717) is 14.4 Å². The Hall–Kier alpha value is -0.210. The molecule has 0 fully saturated rings. The minimum absolute atomic E-state index is 0.0840. The van der Waals surface area contributed by atoms with Crippen molar-refractivity contribution in [3.8, 4) is 0 Å². The average molecular weight is 459 g/mol. The third-order valence-electron chi connectivity index (χ3n) is 2.45. The van der Waals surface area contributed by atoms with Gasteiger partial charge in [0.05, 0.1) is 12.5 Å². The van der Waals surface area contributed by atoms with Crippen LogP contribution in [0.4, 0.5) is 0 Å². The Bertz CT molecular complexity index is 752. The van der Waals surface area contributed by atoms with E-state index in [-0.39, 0.29) is 4.90 Å². The van der Waals surface area contributed by atoms with E-state index in [1.165, 1.54) is 35.6 Å². The zero-order valence-corrected chi connectivity index (χ0v) is 15.3. The van der Waals surface area contributed by atoms with Gasteiger partial charge in [-0.05, 0) is 62.2 Å². The highest BCUT2D eigenvalue weighted by atomic mass is 79.9. The van der Waals surface area contributed by atoms with Crippen LogP contribution in [0.3, 0.4) is 0 Å². The first-order chi connectivity index (χ1) is 9.29. The summed E-state index contributed by atoms with van der Waals surface area (Å²) in [5.74, 6) is -1.02. The van der Waals surface area contributed by atoms with E-state index in [1.807, 2.05) is 0 Å². The first kappa shape index (κ1) is 16.2. The number of Topliss-reactive ketones (excluding diaryl/α,β-unsaturated/α-hetero) is 1. The van der Waals surface area contributed by atoms with Crippen molar-refractivity contribution in [2.24, 2.45) is 0 Å². The van der Waals surface area contributed by atoms with Gasteiger partial charge in [-0.25, -0.2) is 8.42 Å². The van der Waals surface area contributed by atoms with E-state index in [9.17, 15) is 13.2 Å². The number of rotatable bonds is 4. The minimum atomic E-state index is -3.67. The van der Waals surface area contributed by atoms with Gasteiger partial charge in [0.25, 0.3) is 0 Å². The van der Waals surface area contributed by atoms with Crippen molar-refractivity contribution in [1.82, 2.24) is 0 Å². The van der Waals surface area contributed by atoms with Gasteiger partial charge in [0.2, 0.25) is 0 Å². The fourth-order valence-corrected chi connectivity index (χ4v) is 5.71. The van der Waals surface area contributed by atoms with Gasteiger partial charge in [0.1, 0.15) is 5.75 Å². The Morgan fingerprint density at radius 1 is 1.20 bits per heavy atom.